The first-order valence-electron chi connectivity index (χ1n) is 8.76. The second-order valence-corrected chi connectivity index (χ2v) is 8.45. The third-order valence-electron chi connectivity index (χ3n) is 4.32. The molecule has 0 aromatic heterocycles. The van der Waals surface area contributed by atoms with Gasteiger partial charge in [-0.3, -0.25) is 0 Å². The normalized spacial score (nSPS) is 12.6. The van der Waals surface area contributed by atoms with Crippen molar-refractivity contribution in [1.29, 1.82) is 0 Å². The smallest absolute Gasteiger partial charge is 0.0455 e. The Labute approximate surface area is 148 Å². The van der Waals surface area contributed by atoms with E-state index in [2.05, 4.69) is 114 Å². The van der Waals surface area contributed by atoms with Crippen LogP contribution in [-0.4, -0.2) is 0 Å². The number of hydrogen-bond acceptors (Lipinski definition) is 1. The van der Waals surface area contributed by atoms with Crippen molar-refractivity contribution in [3.8, 4) is 0 Å². The van der Waals surface area contributed by atoms with Crippen molar-refractivity contribution in [2.45, 2.75) is 59.3 Å². The third kappa shape index (κ3) is 4.29. The summed E-state index contributed by atoms with van der Waals surface area (Å²) in [6.45, 7) is 15.5. The fraction of sp³-hybridized carbons (Fsp3) is 0.391. The minimum Gasteiger partial charge on any atom is -0.318 e. The Hall–Kier alpha value is -2.02. The summed E-state index contributed by atoms with van der Waals surface area (Å²) in [6, 6.07) is 17.8. The van der Waals surface area contributed by atoms with Crippen molar-refractivity contribution in [2.75, 3.05) is 4.90 Å². The molecule has 128 valence electrons. The average molecular weight is 322 g/mol. The third-order valence-corrected chi connectivity index (χ3v) is 4.32. The molecule has 0 saturated carbocycles. The lowest BCUT2D eigenvalue weighted by Crippen LogP contribution is -2.13. The molecule has 24 heavy (non-hydrogen) atoms. The number of rotatable bonds is 3. The van der Waals surface area contributed by atoms with E-state index in [1.165, 1.54) is 22.5 Å². The molecule has 2 rings (SSSR count). The van der Waals surface area contributed by atoms with Gasteiger partial charge < -0.3 is 4.90 Å². The van der Waals surface area contributed by atoms with Crippen molar-refractivity contribution in [3.05, 3.63) is 71.9 Å². The van der Waals surface area contributed by atoms with Crippen molar-refractivity contribution >= 4 is 11.4 Å². The van der Waals surface area contributed by atoms with Gasteiger partial charge >= 0.3 is 0 Å². The van der Waals surface area contributed by atoms with Gasteiger partial charge in [0.05, 0.1) is 0 Å². The number of nitrogens with zero attached hydrogens (tertiary/aromatic N) is 1. The summed E-state index contributed by atoms with van der Waals surface area (Å²) < 4.78 is 0. The highest BCUT2D eigenvalue weighted by molar-refractivity contribution is 5.66. The zero-order chi connectivity index (χ0) is 18.0. The molecule has 0 unspecified atom stereocenters. The van der Waals surface area contributed by atoms with Gasteiger partial charge in [0.25, 0.3) is 0 Å². The van der Waals surface area contributed by atoms with Crippen LogP contribution in [-0.2, 0) is 10.8 Å². The van der Waals surface area contributed by atoms with E-state index in [0.717, 1.165) is 0 Å². The second-order valence-electron chi connectivity index (χ2n) is 8.45. The van der Waals surface area contributed by atoms with E-state index in [4.69, 9.17) is 0 Å². The first-order valence-corrected chi connectivity index (χ1v) is 8.76. The molecule has 0 heterocycles. The highest BCUT2D eigenvalue weighted by Gasteiger charge is 2.16. The number of hydrogen-bond donors (Lipinski definition) is 0. The molecular weight excluding hydrogens is 290 g/mol. The lowest BCUT2D eigenvalue weighted by molar-refractivity contribution is 0.590. The monoisotopic (exact) mass is 321 g/mol. The molecule has 0 fully saturated rings. The largest absolute Gasteiger partial charge is 0.318 e. The summed E-state index contributed by atoms with van der Waals surface area (Å²) in [5.41, 5.74) is 5.44. The SMILES string of the molecule is C/C=C/N(c1ccc(C(C)(C)C)cc1)c1ccc(C(C)(C)C)cc1. The number of benzene rings is 2. The summed E-state index contributed by atoms with van der Waals surface area (Å²) in [6.07, 6.45) is 4.20. The number of anilines is 2. The van der Waals surface area contributed by atoms with Crippen LogP contribution in [0.1, 0.15) is 59.6 Å². The Morgan fingerprint density at radius 3 is 1.21 bits per heavy atom. The molecule has 2 aromatic carbocycles. The standard InChI is InChI=1S/C23H31N/c1-8-17-24(20-13-9-18(10-14-20)22(2,3)4)21-15-11-19(12-16-21)23(5,6)7/h8-17H,1-7H3/b17-8+. The fourth-order valence-corrected chi connectivity index (χ4v) is 2.71. The molecule has 0 aliphatic carbocycles. The Kier molecular flexibility index (Phi) is 5.22. The van der Waals surface area contributed by atoms with Gasteiger partial charge in [-0.05, 0) is 53.1 Å². The predicted octanol–water partition coefficient (Wildman–Crippen LogP) is 6.95. The first-order chi connectivity index (χ1) is 11.1. The van der Waals surface area contributed by atoms with E-state index in [1.807, 2.05) is 0 Å². The van der Waals surface area contributed by atoms with E-state index in [9.17, 15) is 0 Å². The lowest BCUT2D eigenvalue weighted by atomic mass is 9.87. The highest BCUT2D eigenvalue weighted by Crippen LogP contribution is 2.31. The van der Waals surface area contributed by atoms with Crippen LogP contribution in [0.15, 0.2) is 60.8 Å². The Bertz CT molecular complexity index is 619. The first kappa shape index (κ1) is 18.3. The molecule has 0 bridgehead atoms. The highest BCUT2D eigenvalue weighted by atomic mass is 15.1. The van der Waals surface area contributed by atoms with Gasteiger partial charge in [0.2, 0.25) is 0 Å². The topological polar surface area (TPSA) is 3.24 Å². The molecule has 0 atom stereocenters. The van der Waals surface area contributed by atoms with Crippen LogP contribution in [0.4, 0.5) is 11.4 Å². The van der Waals surface area contributed by atoms with Gasteiger partial charge in [-0.2, -0.15) is 0 Å². The molecule has 0 spiro atoms. The average Bonchev–Trinajstić information content (AvgIpc) is 2.51. The van der Waals surface area contributed by atoms with Crippen LogP contribution in [0.2, 0.25) is 0 Å². The van der Waals surface area contributed by atoms with Gasteiger partial charge in [0.1, 0.15) is 0 Å². The summed E-state index contributed by atoms with van der Waals surface area (Å²) in [4.78, 5) is 2.24. The van der Waals surface area contributed by atoms with Gasteiger partial charge in [-0.25, -0.2) is 0 Å². The van der Waals surface area contributed by atoms with Gasteiger partial charge in [-0.15, -0.1) is 0 Å². The quantitative estimate of drug-likeness (QED) is 0.591. The van der Waals surface area contributed by atoms with Crippen LogP contribution in [0.5, 0.6) is 0 Å². The molecular formula is C23H31N. The second kappa shape index (κ2) is 6.84. The lowest BCUT2D eigenvalue weighted by Gasteiger charge is -2.25. The summed E-state index contributed by atoms with van der Waals surface area (Å²) >= 11 is 0. The molecule has 0 amide bonds. The maximum atomic E-state index is 2.25. The van der Waals surface area contributed by atoms with Crippen molar-refractivity contribution in [2.24, 2.45) is 0 Å². The van der Waals surface area contributed by atoms with Crippen molar-refractivity contribution in [3.63, 3.8) is 0 Å². The minimum absolute atomic E-state index is 0.179. The Balaban J connectivity index is 2.36. The number of allylic oxidation sites excluding steroid dienone is 1. The zero-order valence-corrected chi connectivity index (χ0v) is 16.2. The van der Waals surface area contributed by atoms with Crippen molar-refractivity contribution in [1.82, 2.24) is 0 Å². The van der Waals surface area contributed by atoms with Crippen molar-refractivity contribution < 1.29 is 0 Å². The molecule has 1 heteroatoms. The van der Waals surface area contributed by atoms with Crippen LogP contribution in [0.25, 0.3) is 0 Å². The van der Waals surface area contributed by atoms with E-state index >= 15 is 0 Å². The van der Waals surface area contributed by atoms with Gasteiger partial charge in [0.15, 0.2) is 0 Å². The minimum atomic E-state index is 0.179. The summed E-state index contributed by atoms with van der Waals surface area (Å²) in [7, 11) is 0. The van der Waals surface area contributed by atoms with Crippen LogP contribution < -0.4 is 4.90 Å². The maximum absolute atomic E-state index is 2.25. The van der Waals surface area contributed by atoms with Gasteiger partial charge in [-0.1, -0.05) is 71.9 Å². The Morgan fingerprint density at radius 1 is 0.625 bits per heavy atom. The molecule has 1 nitrogen and oxygen atoms in total. The molecule has 0 N–H and O–H groups in total. The Morgan fingerprint density at radius 2 is 0.958 bits per heavy atom. The fourth-order valence-electron chi connectivity index (χ4n) is 2.71. The van der Waals surface area contributed by atoms with E-state index in [1.54, 1.807) is 0 Å². The van der Waals surface area contributed by atoms with E-state index in [0.29, 0.717) is 0 Å². The van der Waals surface area contributed by atoms with Crippen LogP contribution >= 0.6 is 0 Å². The summed E-state index contributed by atoms with van der Waals surface area (Å²) in [5, 5.41) is 0. The van der Waals surface area contributed by atoms with Crippen LogP contribution in [0, 0.1) is 0 Å². The summed E-state index contributed by atoms with van der Waals surface area (Å²) in [5.74, 6) is 0. The van der Waals surface area contributed by atoms with Gasteiger partial charge in [0, 0.05) is 17.6 Å². The predicted molar refractivity (Wildman–Crippen MR) is 107 cm³/mol. The van der Waals surface area contributed by atoms with E-state index in [-0.39, 0.29) is 10.8 Å². The maximum Gasteiger partial charge on any atom is 0.0455 e. The van der Waals surface area contributed by atoms with Crippen LogP contribution in [0.3, 0.4) is 0 Å². The molecule has 0 saturated heterocycles. The molecule has 0 aliphatic rings. The zero-order valence-electron chi connectivity index (χ0n) is 16.2. The van der Waals surface area contributed by atoms with E-state index < -0.39 is 0 Å². The molecule has 0 aliphatic heterocycles. The molecule has 0 radical (unpaired) electrons. The molecule has 2 aromatic rings.